The highest BCUT2D eigenvalue weighted by Gasteiger charge is 2.32. The molecule has 1 aliphatic rings. The number of nitrogens with one attached hydrogen (secondary N) is 1. The Labute approximate surface area is 123 Å². The molecule has 1 aromatic rings. The Morgan fingerprint density at radius 3 is 2.58 bits per heavy atom. The number of benzene rings is 1. The first-order valence-corrected chi connectivity index (χ1v) is 7.60. The molecule has 0 saturated heterocycles. The molecule has 19 heavy (non-hydrogen) atoms. The molecule has 2 rings (SSSR count). The molecule has 1 fully saturated rings. The van der Waals surface area contributed by atoms with E-state index >= 15 is 0 Å². The van der Waals surface area contributed by atoms with Crippen molar-refractivity contribution in [2.24, 2.45) is 17.6 Å². The Kier molecular flexibility index (Phi) is 4.63. The summed E-state index contributed by atoms with van der Waals surface area (Å²) in [5, 5.41) is 3.10. The van der Waals surface area contributed by atoms with E-state index in [2.05, 4.69) is 21.2 Å². The molecular formula is C15H21BrN2O. The van der Waals surface area contributed by atoms with Gasteiger partial charge in [-0.25, -0.2) is 0 Å². The molecule has 1 saturated carbocycles. The lowest BCUT2D eigenvalue weighted by Gasteiger charge is -2.19. The van der Waals surface area contributed by atoms with Crippen LogP contribution in [0.3, 0.4) is 0 Å². The summed E-state index contributed by atoms with van der Waals surface area (Å²) < 4.78 is 1.04. The predicted octanol–water partition coefficient (Wildman–Crippen LogP) is 3.38. The van der Waals surface area contributed by atoms with Crippen molar-refractivity contribution in [3.63, 3.8) is 0 Å². The lowest BCUT2D eigenvalue weighted by molar-refractivity contribution is -0.120. The van der Waals surface area contributed by atoms with Gasteiger partial charge in [0.05, 0.1) is 0 Å². The maximum Gasteiger partial charge on any atom is 0.227 e. The van der Waals surface area contributed by atoms with Gasteiger partial charge in [0.2, 0.25) is 5.91 Å². The molecule has 2 atom stereocenters. The number of aryl methyl sites for hydroxylation is 2. The van der Waals surface area contributed by atoms with Crippen LogP contribution in [0.25, 0.3) is 0 Å². The Morgan fingerprint density at radius 1 is 1.37 bits per heavy atom. The third kappa shape index (κ3) is 3.18. The molecule has 0 bridgehead atoms. The van der Waals surface area contributed by atoms with Crippen LogP contribution in [-0.4, -0.2) is 12.5 Å². The summed E-state index contributed by atoms with van der Waals surface area (Å²) in [6.45, 7) is 4.64. The van der Waals surface area contributed by atoms with E-state index in [9.17, 15) is 4.79 Å². The van der Waals surface area contributed by atoms with Crippen LogP contribution in [0.2, 0.25) is 0 Å². The minimum absolute atomic E-state index is 0.0763. The van der Waals surface area contributed by atoms with Gasteiger partial charge in [0.1, 0.15) is 0 Å². The van der Waals surface area contributed by atoms with E-state index < -0.39 is 0 Å². The Bertz CT molecular complexity index is 464. The fourth-order valence-electron chi connectivity index (χ4n) is 2.99. The minimum atomic E-state index is 0.0763. The third-order valence-electron chi connectivity index (χ3n) is 4.04. The van der Waals surface area contributed by atoms with Gasteiger partial charge in [-0.3, -0.25) is 4.79 Å². The van der Waals surface area contributed by atoms with Gasteiger partial charge in [-0.2, -0.15) is 0 Å². The molecule has 1 aromatic carbocycles. The van der Waals surface area contributed by atoms with Crippen LogP contribution in [0.1, 0.15) is 30.4 Å². The van der Waals surface area contributed by atoms with Gasteiger partial charge in [-0.15, -0.1) is 0 Å². The highest BCUT2D eigenvalue weighted by molar-refractivity contribution is 9.10. The molecule has 3 N–H and O–H groups in total. The molecule has 1 aliphatic carbocycles. The molecule has 4 heteroatoms. The fraction of sp³-hybridized carbons (Fsp3) is 0.533. The van der Waals surface area contributed by atoms with Crippen LogP contribution in [-0.2, 0) is 4.79 Å². The van der Waals surface area contributed by atoms with E-state index in [1.165, 1.54) is 0 Å². The molecule has 0 spiro atoms. The summed E-state index contributed by atoms with van der Waals surface area (Å²) in [6.07, 6.45) is 3.15. The van der Waals surface area contributed by atoms with E-state index in [-0.39, 0.29) is 11.8 Å². The molecule has 0 aromatic heterocycles. The first kappa shape index (κ1) is 14.5. The summed E-state index contributed by atoms with van der Waals surface area (Å²) in [6, 6.07) is 4.05. The SMILES string of the molecule is Cc1cc(Br)cc(C)c1NC(=O)C1CCCC1CN. The van der Waals surface area contributed by atoms with E-state index in [1.54, 1.807) is 0 Å². The van der Waals surface area contributed by atoms with Gasteiger partial charge >= 0.3 is 0 Å². The minimum Gasteiger partial charge on any atom is -0.330 e. The zero-order valence-corrected chi connectivity index (χ0v) is 13.1. The standard InChI is InChI=1S/C15H21BrN2O/c1-9-6-12(16)7-10(2)14(9)18-15(19)13-5-3-4-11(13)8-17/h6-7,11,13H,3-5,8,17H2,1-2H3,(H,18,19). The number of carbonyl (C=O) groups is 1. The highest BCUT2D eigenvalue weighted by atomic mass is 79.9. The molecule has 0 heterocycles. The van der Waals surface area contributed by atoms with Crippen molar-refractivity contribution in [3.05, 3.63) is 27.7 Å². The van der Waals surface area contributed by atoms with Gasteiger partial charge in [0.15, 0.2) is 0 Å². The fourth-order valence-corrected chi connectivity index (χ4v) is 3.67. The number of carbonyl (C=O) groups excluding carboxylic acids is 1. The highest BCUT2D eigenvalue weighted by Crippen LogP contribution is 2.33. The lowest BCUT2D eigenvalue weighted by atomic mass is 9.95. The summed E-state index contributed by atoms with van der Waals surface area (Å²) in [4.78, 5) is 12.4. The molecule has 0 aliphatic heterocycles. The van der Waals surface area contributed by atoms with Gasteiger partial charge in [-0.05, 0) is 62.4 Å². The van der Waals surface area contributed by atoms with Crippen LogP contribution in [0, 0.1) is 25.7 Å². The Balaban J connectivity index is 2.15. The van der Waals surface area contributed by atoms with E-state index in [4.69, 9.17) is 5.73 Å². The largest absolute Gasteiger partial charge is 0.330 e. The summed E-state index contributed by atoms with van der Waals surface area (Å²) in [5.74, 6) is 0.546. The quantitative estimate of drug-likeness (QED) is 0.895. The van der Waals surface area contributed by atoms with Crippen molar-refractivity contribution >= 4 is 27.5 Å². The number of rotatable bonds is 3. The zero-order valence-electron chi connectivity index (χ0n) is 11.5. The maximum absolute atomic E-state index is 12.4. The smallest absolute Gasteiger partial charge is 0.227 e. The topological polar surface area (TPSA) is 55.1 Å². The summed E-state index contributed by atoms with van der Waals surface area (Å²) in [7, 11) is 0. The molecule has 0 radical (unpaired) electrons. The van der Waals surface area contributed by atoms with Gasteiger partial charge < -0.3 is 11.1 Å². The van der Waals surface area contributed by atoms with E-state index in [0.717, 1.165) is 40.5 Å². The summed E-state index contributed by atoms with van der Waals surface area (Å²) in [5.41, 5.74) is 8.86. The molecule has 1 amide bonds. The van der Waals surface area contributed by atoms with Crippen LogP contribution < -0.4 is 11.1 Å². The van der Waals surface area contributed by atoms with Crippen molar-refractivity contribution in [3.8, 4) is 0 Å². The number of halogens is 1. The number of amides is 1. The second-order valence-electron chi connectivity index (χ2n) is 5.44. The second-order valence-corrected chi connectivity index (χ2v) is 6.35. The van der Waals surface area contributed by atoms with Crippen molar-refractivity contribution < 1.29 is 4.79 Å². The third-order valence-corrected chi connectivity index (χ3v) is 4.50. The van der Waals surface area contributed by atoms with Gasteiger partial charge in [0, 0.05) is 16.1 Å². The lowest BCUT2D eigenvalue weighted by Crippen LogP contribution is -2.30. The van der Waals surface area contributed by atoms with Crippen LogP contribution >= 0.6 is 15.9 Å². The number of hydrogen-bond acceptors (Lipinski definition) is 2. The summed E-state index contributed by atoms with van der Waals surface area (Å²) >= 11 is 3.47. The van der Waals surface area contributed by atoms with E-state index in [0.29, 0.717) is 12.5 Å². The van der Waals surface area contributed by atoms with Crippen molar-refractivity contribution in [2.75, 3.05) is 11.9 Å². The maximum atomic E-state index is 12.4. The van der Waals surface area contributed by atoms with Crippen LogP contribution in [0.4, 0.5) is 5.69 Å². The monoisotopic (exact) mass is 324 g/mol. The normalized spacial score (nSPS) is 22.5. The second kappa shape index (κ2) is 6.06. The average molecular weight is 325 g/mol. The van der Waals surface area contributed by atoms with Gasteiger partial charge in [0.25, 0.3) is 0 Å². The Hall–Kier alpha value is -0.870. The number of hydrogen-bond donors (Lipinski definition) is 2. The average Bonchev–Trinajstić information content (AvgIpc) is 2.81. The number of nitrogens with two attached hydrogens (primary N) is 1. The molecule has 104 valence electrons. The van der Waals surface area contributed by atoms with Crippen LogP contribution in [0.15, 0.2) is 16.6 Å². The van der Waals surface area contributed by atoms with Crippen LogP contribution in [0.5, 0.6) is 0 Å². The van der Waals surface area contributed by atoms with Crippen molar-refractivity contribution in [2.45, 2.75) is 33.1 Å². The van der Waals surface area contributed by atoms with Crippen molar-refractivity contribution in [1.82, 2.24) is 0 Å². The van der Waals surface area contributed by atoms with Crippen molar-refractivity contribution in [1.29, 1.82) is 0 Å². The van der Waals surface area contributed by atoms with Gasteiger partial charge in [-0.1, -0.05) is 22.4 Å². The first-order chi connectivity index (χ1) is 9.02. The predicted molar refractivity (Wildman–Crippen MR) is 82.1 cm³/mol. The molecule has 2 unspecified atom stereocenters. The number of anilines is 1. The molecule has 3 nitrogen and oxygen atoms in total. The Morgan fingerprint density at radius 2 is 2.00 bits per heavy atom. The molecular weight excluding hydrogens is 304 g/mol. The van der Waals surface area contributed by atoms with E-state index in [1.807, 2.05) is 26.0 Å². The first-order valence-electron chi connectivity index (χ1n) is 6.80. The zero-order chi connectivity index (χ0) is 14.0.